The number of nitrogens with zero attached hydrogens (tertiary/aromatic N) is 3. The zero-order valence-corrected chi connectivity index (χ0v) is 23.4. The third-order valence-corrected chi connectivity index (χ3v) is 8.05. The molecule has 0 spiro atoms. The van der Waals surface area contributed by atoms with Crippen LogP contribution in [0.1, 0.15) is 40.2 Å². The van der Waals surface area contributed by atoms with Crippen molar-refractivity contribution in [1.82, 2.24) is 14.9 Å². The lowest BCUT2D eigenvalue weighted by molar-refractivity contribution is 0.0600. The smallest absolute Gasteiger partial charge is 0.337 e. The number of anilines is 1. The number of rotatable bonds is 7. The monoisotopic (exact) mass is 546 g/mol. The van der Waals surface area contributed by atoms with Gasteiger partial charge in [-0.15, -0.1) is 0 Å². The van der Waals surface area contributed by atoms with E-state index in [0.717, 1.165) is 82.6 Å². The molecule has 4 aromatic carbocycles. The fourth-order valence-electron chi connectivity index (χ4n) is 5.99. The van der Waals surface area contributed by atoms with Gasteiger partial charge in [-0.3, -0.25) is 9.98 Å². The van der Waals surface area contributed by atoms with Gasteiger partial charge in [-0.2, -0.15) is 0 Å². The maximum Gasteiger partial charge on any atom is 0.337 e. The summed E-state index contributed by atoms with van der Waals surface area (Å²) in [6.07, 6.45) is 2.10. The second kappa shape index (κ2) is 11.1. The molecule has 1 aliphatic rings. The summed E-state index contributed by atoms with van der Waals surface area (Å²) in [5, 5.41) is 13.5. The van der Waals surface area contributed by atoms with Crippen LogP contribution in [0, 0.1) is 12.3 Å². The molecule has 0 atom stereocenters. The number of amidine groups is 1. The standard InChI is InChI=1S/C33H34N6O2/c1-21-37-29-13-11-25(19-31(29)39(21)30-14-12-28(32(34)35)26-5-3-4-6-27(26)30)38(24-15-17-36-18-16-24)20-22-7-9-23(10-8-22)33(40)41-2/h3-14,19,24,36H,15-18,20H2,1-2H3,(H3,34,35). The molecule has 1 saturated heterocycles. The summed E-state index contributed by atoms with van der Waals surface area (Å²) in [6.45, 7) is 4.72. The van der Waals surface area contributed by atoms with Crippen LogP contribution < -0.4 is 16.0 Å². The van der Waals surface area contributed by atoms with E-state index in [2.05, 4.69) is 39.0 Å². The number of nitrogens with two attached hydrogens (primary N) is 1. The summed E-state index contributed by atoms with van der Waals surface area (Å²) in [4.78, 5) is 19.4. The lowest BCUT2D eigenvalue weighted by atomic mass is 10.0. The number of nitrogen functional groups attached to an aromatic ring is 1. The SMILES string of the molecule is COC(=O)c1ccc(CN(c2ccc3nc(C)n(-c4ccc(C(=N)N)c5ccccc45)c3c2)C2CCNCC2)cc1. The van der Waals surface area contributed by atoms with Crippen LogP contribution in [-0.4, -0.2) is 47.6 Å². The highest BCUT2D eigenvalue weighted by molar-refractivity contribution is 6.10. The normalized spacial score (nSPS) is 13.9. The molecule has 4 N–H and O–H groups in total. The van der Waals surface area contributed by atoms with E-state index in [0.29, 0.717) is 11.6 Å². The van der Waals surface area contributed by atoms with Crippen molar-refractivity contribution in [2.45, 2.75) is 32.4 Å². The maximum absolute atomic E-state index is 12.0. The van der Waals surface area contributed by atoms with Crippen LogP contribution in [0.5, 0.6) is 0 Å². The topological polar surface area (TPSA) is 109 Å². The minimum atomic E-state index is -0.329. The van der Waals surface area contributed by atoms with Crippen molar-refractivity contribution >= 4 is 39.3 Å². The number of aromatic nitrogens is 2. The number of hydrogen-bond donors (Lipinski definition) is 3. The fourth-order valence-corrected chi connectivity index (χ4v) is 5.99. The molecule has 6 rings (SSSR count). The first-order valence-corrected chi connectivity index (χ1v) is 13.9. The van der Waals surface area contributed by atoms with Crippen molar-refractivity contribution in [3.05, 3.63) is 101 Å². The Morgan fingerprint density at radius 3 is 2.49 bits per heavy atom. The highest BCUT2D eigenvalue weighted by Crippen LogP contribution is 2.33. The Bertz CT molecular complexity index is 1750. The molecule has 0 saturated carbocycles. The van der Waals surface area contributed by atoms with Gasteiger partial charge in [-0.25, -0.2) is 9.78 Å². The first-order chi connectivity index (χ1) is 19.9. The number of hydrogen-bond acceptors (Lipinski definition) is 6. The van der Waals surface area contributed by atoms with E-state index in [1.165, 1.54) is 7.11 Å². The number of piperidine rings is 1. The van der Waals surface area contributed by atoms with Crippen LogP contribution in [0.4, 0.5) is 5.69 Å². The Morgan fingerprint density at radius 1 is 1.05 bits per heavy atom. The van der Waals surface area contributed by atoms with Gasteiger partial charge in [-0.1, -0.05) is 36.4 Å². The molecule has 0 radical (unpaired) electrons. The lowest BCUT2D eigenvalue weighted by Gasteiger charge is -2.36. The number of aryl methyl sites for hydroxylation is 1. The van der Waals surface area contributed by atoms with Gasteiger partial charge >= 0.3 is 5.97 Å². The minimum Gasteiger partial charge on any atom is -0.465 e. The second-order valence-corrected chi connectivity index (χ2v) is 10.6. The van der Waals surface area contributed by atoms with Crippen molar-refractivity contribution in [2.24, 2.45) is 5.73 Å². The molecule has 0 unspecified atom stereocenters. The predicted octanol–water partition coefficient (Wildman–Crippen LogP) is 5.32. The number of imidazole rings is 1. The number of ether oxygens (including phenoxy) is 1. The zero-order valence-electron chi connectivity index (χ0n) is 23.4. The van der Waals surface area contributed by atoms with Gasteiger partial charge in [0.15, 0.2) is 0 Å². The number of carbonyl (C=O) groups is 1. The molecular weight excluding hydrogens is 512 g/mol. The lowest BCUT2D eigenvalue weighted by Crippen LogP contribution is -2.43. The molecule has 0 amide bonds. The van der Waals surface area contributed by atoms with Gasteiger partial charge in [0, 0.05) is 29.2 Å². The Labute approximate surface area is 239 Å². The number of nitrogens with one attached hydrogen (secondary N) is 2. The van der Waals surface area contributed by atoms with E-state index in [9.17, 15) is 4.79 Å². The van der Waals surface area contributed by atoms with Crippen molar-refractivity contribution in [3.63, 3.8) is 0 Å². The fraction of sp³-hybridized carbons (Fsp3) is 0.242. The summed E-state index contributed by atoms with van der Waals surface area (Å²) >= 11 is 0. The van der Waals surface area contributed by atoms with E-state index in [-0.39, 0.29) is 11.8 Å². The number of esters is 1. The minimum absolute atomic E-state index is 0.0551. The van der Waals surface area contributed by atoms with Crippen LogP contribution in [0.15, 0.2) is 78.9 Å². The van der Waals surface area contributed by atoms with Crippen LogP contribution >= 0.6 is 0 Å². The highest BCUT2D eigenvalue weighted by atomic mass is 16.5. The molecule has 5 aromatic rings. The van der Waals surface area contributed by atoms with E-state index in [1.807, 2.05) is 61.5 Å². The van der Waals surface area contributed by atoms with Gasteiger partial charge in [0.25, 0.3) is 0 Å². The average Bonchev–Trinajstić information content (AvgIpc) is 3.34. The Hall–Kier alpha value is -4.69. The Balaban J connectivity index is 1.45. The molecule has 1 fully saturated rings. The van der Waals surface area contributed by atoms with Crippen molar-refractivity contribution in [3.8, 4) is 5.69 Å². The van der Waals surface area contributed by atoms with Crippen LogP contribution in [0.25, 0.3) is 27.5 Å². The number of carbonyl (C=O) groups excluding carboxylic acids is 1. The molecule has 41 heavy (non-hydrogen) atoms. The van der Waals surface area contributed by atoms with E-state index < -0.39 is 0 Å². The summed E-state index contributed by atoms with van der Waals surface area (Å²) in [5.74, 6) is 0.619. The van der Waals surface area contributed by atoms with E-state index in [1.54, 1.807) is 0 Å². The van der Waals surface area contributed by atoms with Gasteiger partial charge in [0.05, 0.1) is 29.4 Å². The third kappa shape index (κ3) is 5.02. The summed E-state index contributed by atoms with van der Waals surface area (Å²) < 4.78 is 7.08. The van der Waals surface area contributed by atoms with E-state index >= 15 is 0 Å². The molecule has 8 nitrogen and oxygen atoms in total. The molecular formula is C33H34N6O2. The van der Waals surface area contributed by atoms with Crippen LogP contribution in [-0.2, 0) is 11.3 Å². The summed E-state index contributed by atoms with van der Waals surface area (Å²) in [5.41, 5.74) is 12.4. The first-order valence-electron chi connectivity index (χ1n) is 13.9. The number of fused-ring (bicyclic) bond motifs is 2. The molecule has 1 aromatic heterocycles. The molecule has 0 bridgehead atoms. The van der Waals surface area contributed by atoms with Gasteiger partial charge in [-0.05, 0) is 86.3 Å². The molecule has 2 heterocycles. The average molecular weight is 547 g/mol. The van der Waals surface area contributed by atoms with Crippen molar-refractivity contribution < 1.29 is 9.53 Å². The van der Waals surface area contributed by atoms with Crippen molar-refractivity contribution in [2.75, 3.05) is 25.1 Å². The predicted molar refractivity (Wildman–Crippen MR) is 164 cm³/mol. The Morgan fingerprint density at radius 2 is 1.78 bits per heavy atom. The van der Waals surface area contributed by atoms with Crippen molar-refractivity contribution in [1.29, 1.82) is 5.41 Å². The summed E-state index contributed by atoms with van der Waals surface area (Å²) in [6, 6.07) is 26.6. The third-order valence-electron chi connectivity index (χ3n) is 8.05. The molecule has 1 aliphatic heterocycles. The number of benzene rings is 4. The highest BCUT2D eigenvalue weighted by Gasteiger charge is 2.23. The zero-order chi connectivity index (χ0) is 28.5. The maximum atomic E-state index is 12.0. The van der Waals surface area contributed by atoms with Crippen LogP contribution in [0.3, 0.4) is 0 Å². The van der Waals surface area contributed by atoms with E-state index in [4.69, 9.17) is 20.9 Å². The molecule has 208 valence electrons. The molecule has 0 aliphatic carbocycles. The summed E-state index contributed by atoms with van der Waals surface area (Å²) in [7, 11) is 1.40. The van der Waals surface area contributed by atoms with Crippen LogP contribution in [0.2, 0.25) is 0 Å². The first kappa shape index (κ1) is 26.5. The largest absolute Gasteiger partial charge is 0.465 e. The quantitative estimate of drug-likeness (QED) is 0.145. The second-order valence-electron chi connectivity index (χ2n) is 10.6. The van der Waals surface area contributed by atoms with Gasteiger partial charge < -0.3 is 20.7 Å². The Kier molecular flexibility index (Phi) is 7.15. The molecule has 8 heteroatoms. The van der Waals surface area contributed by atoms with Gasteiger partial charge in [0.1, 0.15) is 11.7 Å². The number of methoxy groups -OCH3 is 1. The van der Waals surface area contributed by atoms with Gasteiger partial charge in [0.2, 0.25) is 0 Å².